The predicted molar refractivity (Wildman–Crippen MR) is 114 cm³/mol. The molecule has 168 valence electrons. The van der Waals surface area contributed by atoms with Crippen LogP contribution >= 0.6 is 0 Å². The third kappa shape index (κ3) is 5.31. The number of nitrogens with zero attached hydrogens (tertiary/aromatic N) is 6. The van der Waals surface area contributed by atoms with Gasteiger partial charge in [0.05, 0.1) is 30.2 Å². The molecule has 0 radical (unpaired) electrons. The maximum absolute atomic E-state index is 12.0. The first-order chi connectivity index (χ1) is 14.9. The molecule has 31 heavy (non-hydrogen) atoms. The molecule has 0 aromatic carbocycles. The average Bonchev–Trinajstić information content (AvgIpc) is 3.17. The van der Waals surface area contributed by atoms with Gasteiger partial charge in [-0.05, 0) is 25.3 Å². The Bertz CT molecular complexity index is 918. The summed E-state index contributed by atoms with van der Waals surface area (Å²) in [5, 5.41) is 11.7. The van der Waals surface area contributed by atoms with Crippen LogP contribution in [0.1, 0.15) is 31.0 Å². The van der Waals surface area contributed by atoms with Crippen LogP contribution in [-0.2, 0) is 27.9 Å². The zero-order valence-corrected chi connectivity index (χ0v) is 18.4. The van der Waals surface area contributed by atoms with E-state index in [4.69, 9.17) is 4.74 Å². The van der Waals surface area contributed by atoms with Crippen molar-refractivity contribution in [2.75, 3.05) is 39.2 Å². The van der Waals surface area contributed by atoms with Crippen LogP contribution in [0, 0.1) is 5.92 Å². The van der Waals surface area contributed by atoms with Crippen LogP contribution < -0.4 is 5.32 Å². The van der Waals surface area contributed by atoms with E-state index in [0.29, 0.717) is 6.61 Å². The van der Waals surface area contributed by atoms with E-state index in [-0.39, 0.29) is 36.4 Å². The largest absolute Gasteiger partial charge is 0.370 e. The highest BCUT2D eigenvalue weighted by Gasteiger charge is 2.35. The van der Waals surface area contributed by atoms with Gasteiger partial charge in [-0.15, -0.1) is 0 Å². The minimum Gasteiger partial charge on any atom is -0.370 e. The number of aryl methyl sites for hydroxylation is 1. The van der Waals surface area contributed by atoms with Gasteiger partial charge in [0.15, 0.2) is 0 Å². The highest BCUT2D eigenvalue weighted by atomic mass is 16.5. The van der Waals surface area contributed by atoms with Gasteiger partial charge in [0.25, 0.3) is 0 Å². The fourth-order valence-electron chi connectivity index (χ4n) is 3.88. The highest BCUT2D eigenvalue weighted by molar-refractivity contribution is 5.93. The van der Waals surface area contributed by atoms with Crippen molar-refractivity contribution in [2.24, 2.45) is 13.0 Å². The summed E-state index contributed by atoms with van der Waals surface area (Å²) in [5.74, 6) is 0.201. The molecule has 2 aromatic heterocycles. The number of likely N-dealkylation sites (tertiary alicyclic amines) is 1. The minimum absolute atomic E-state index is 0.0455. The van der Waals surface area contributed by atoms with Crippen molar-refractivity contribution in [2.45, 2.75) is 37.9 Å². The van der Waals surface area contributed by atoms with Gasteiger partial charge in [0.2, 0.25) is 11.8 Å². The van der Waals surface area contributed by atoms with Crippen molar-refractivity contribution in [3.05, 3.63) is 30.4 Å². The summed E-state index contributed by atoms with van der Waals surface area (Å²) < 4.78 is 9.56. The number of amides is 2. The first-order valence-corrected chi connectivity index (χ1v) is 10.7. The molecule has 2 atom stereocenters. The van der Waals surface area contributed by atoms with Gasteiger partial charge >= 0.3 is 0 Å². The molecule has 1 N–H and O–H groups in total. The number of hydrogen-bond acceptors (Lipinski definition) is 6. The Morgan fingerprint density at radius 3 is 2.77 bits per heavy atom. The topological polar surface area (TPSA) is 97.5 Å². The van der Waals surface area contributed by atoms with Gasteiger partial charge in [-0.3, -0.25) is 23.9 Å². The summed E-state index contributed by atoms with van der Waals surface area (Å²) in [7, 11) is 5.39. The smallest absolute Gasteiger partial charge is 0.248 e. The van der Waals surface area contributed by atoms with Crippen molar-refractivity contribution in [3.63, 3.8) is 0 Å². The van der Waals surface area contributed by atoms with Crippen molar-refractivity contribution in [3.8, 4) is 0 Å². The lowest BCUT2D eigenvalue weighted by Crippen LogP contribution is -2.35. The molecule has 1 aliphatic heterocycles. The fourth-order valence-corrected chi connectivity index (χ4v) is 3.88. The number of carbonyl (C=O) groups is 2. The number of hydrogen-bond donors (Lipinski definition) is 1. The first-order valence-electron chi connectivity index (χ1n) is 10.7. The van der Waals surface area contributed by atoms with Crippen molar-refractivity contribution in [1.29, 1.82) is 0 Å². The number of likely N-dealkylation sites (N-methyl/N-ethyl adjacent to an activating group) is 1. The molecule has 1 saturated carbocycles. The summed E-state index contributed by atoms with van der Waals surface area (Å²) in [6.45, 7) is 2.10. The molecule has 2 aliphatic rings. The maximum atomic E-state index is 12.0. The quantitative estimate of drug-likeness (QED) is 0.636. The lowest BCUT2D eigenvalue weighted by Gasteiger charge is -2.24. The molecular weight excluding hydrogens is 398 g/mol. The van der Waals surface area contributed by atoms with E-state index >= 15 is 0 Å². The Hall–Kier alpha value is -2.72. The highest BCUT2D eigenvalue weighted by Crippen LogP contribution is 2.31. The molecule has 3 heterocycles. The monoisotopic (exact) mass is 429 g/mol. The van der Waals surface area contributed by atoms with Gasteiger partial charge in [0.1, 0.15) is 6.61 Å². The van der Waals surface area contributed by atoms with Gasteiger partial charge in [-0.25, -0.2) is 0 Å². The van der Waals surface area contributed by atoms with Crippen LogP contribution in [-0.4, -0.2) is 81.1 Å². The molecule has 1 saturated heterocycles. The van der Waals surface area contributed by atoms with Crippen molar-refractivity contribution < 1.29 is 14.3 Å². The molecule has 2 aromatic rings. The average molecular weight is 430 g/mol. The van der Waals surface area contributed by atoms with E-state index in [1.807, 2.05) is 28.7 Å². The number of aromatic nitrogens is 4. The SMILES string of the molecule is CN(C)C(=O)COC[C@@H]1C[C@H](n2cc(NC(=O)C3CC3)cn2)CN1Cc1ccnn1C. The molecular formula is C21H31N7O3. The second-order valence-electron chi connectivity index (χ2n) is 8.69. The second kappa shape index (κ2) is 9.19. The Morgan fingerprint density at radius 1 is 1.29 bits per heavy atom. The van der Waals surface area contributed by atoms with Gasteiger partial charge in [-0.1, -0.05) is 0 Å². The van der Waals surface area contributed by atoms with Crippen LogP contribution in [0.5, 0.6) is 0 Å². The van der Waals surface area contributed by atoms with Gasteiger partial charge in [-0.2, -0.15) is 10.2 Å². The third-order valence-electron chi connectivity index (χ3n) is 6.02. The van der Waals surface area contributed by atoms with E-state index in [1.54, 1.807) is 26.5 Å². The number of anilines is 1. The predicted octanol–water partition coefficient (Wildman–Crippen LogP) is 0.886. The van der Waals surface area contributed by atoms with Crippen LogP contribution in [0.2, 0.25) is 0 Å². The summed E-state index contributed by atoms with van der Waals surface area (Å²) in [6, 6.07) is 2.33. The van der Waals surface area contributed by atoms with Gasteiger partial charge < -0.3 is 15.0 Å². The third-order valence-corrected chi connectivity index (χ3v) is 6.02. The van der Waals surface area contributed by atoms with E-state index in [2.05, 4.69) is 20.4 Å². The molecule has 0 spiro atoms. The maximum Gasteiger partial charge on any atom is 0.248 e. The Kier molecular flexibility index (Phi) is 6.38. The number of carbonyl (C=O) groups excluding carboxylic acids is 2. The molecule has 10 nitrogen and oxygen atoms in total. The molecule has 1 aliphatic carbocycles. The molecule has 2 fully saturated rings. The lowest BCUT2D eigenvalue weighted by molar-refractivity contribution is -0.134. The molecule has 2 amide bonds. The summed E-state index contributed by atoms with van der Waals surface area (Å²) in [5.41, 5.74) is 1.86. The van der Waals surface area contributed by atoms with Crippen LogP contribution in [0.25, 0.3) is 0 Å². The van der Waals surface area contributed by atoms with E-state index in [0.717, 1.165) is 43.7 Å². The molecule has 0 bridgehead atoms. The normalized spacial score (nSPS) is 21.4. The molecule has 4 rings (SSSR count). The van der Waals surface area contributed by atoms with Crippen LogP contribution in [0.15, 0.2) is 24.7 Å². The summed E-state index contributed by atoms with van der Waals surface area (Å²) in [4.78, 5) is 27.8. The molecule has 0 unspecified atom stereocenters. The number of ether oxygens (including phenoxy) is 1. The zero-order chi connectivity index (χ0) is 22.0. The second-order valence-corrected chi connectivity index (χ2v) is 8.69. The Morgan fingerprint density at radius 2 is 2.10 bits per heavy atom. The lowest BCUT2D eigenvalue weighted by atomic mass is 10.2. The number of rotatable bonds is 9. The standard InChI is InChI=1S/C21H31N7O3/c1-25(2)20(29)14-31-13-19-8-18(12-27(19)11-17-6-7-22-26(17)3)28-10-16(9-23-28)24-21(30)15-4-5-15/h6-7,9-10,15,18-19H,4-5,8,11-14H2,1-3H3,(H,24,30)/t18-,19-/m0/s1. The van der Waals surface area contributed by atoms with E-state index in [1.165, 1.54) is 4.90 Å². The molecule has 10 heteroatoms. The number of nitrogens with one attached hydrogen (secondary N) is 1. The first kappa shape index (κ1) is 21.5. The minimum atomic E-state index is -0.0455. The fraction of sp³-hybridized carbons (Fsp3) is 0.619. The van der Waals surface area contributed by atoms with Crippen molar-refractivity contribution >= 4 is 17.5 Å². The Balaban J connectivity index is 1.40. The summed E-state index contributed by atoms with van der Waals surface area (Å²) in [6.07, 6.45) is 8.22. The van der Waals surface area contributed by atoms with Gasteiger partial charge in [0, 0.05) is 58.6 Å². The summed E-state index contributed by atoms with van der Waals surface area (Å²) >= 11 is 0. The Labute approximate surface area is 182 Å². The van der Waals surface area contributed by atoms with E-state index < -0.39 is 0 Å². The van der Waals surface area contributed by atoms with Crippen molar-refractivity contribution in [1.82, 2.24) is 29.4 Å². The van der Waals surface area contributed by atoms with E-state index in [9.17, 15) is 9.59 Å². The van der Waals surface area contributed by atoms with Crippen LogP contribution in [0.4, 0.5) is 5.69 Å². The zero-order valence-electron chi connectivity index (χ0n) is 18.4. The van der Waals surface area contributed by atoms with Crippen LogP contribution in [0.3, 0.4) is 0 Å².